The summed E-state index contributed by atoms with van der Waals surface area (Å²) in [4.78, 5) is 50.2. The van der Waals surface area contributed by atoms with Gasteiger partial charge in [-0.2, -0.15) is 0 Å². The van der Waals surface area contributed by atoms with E-state index in [0.29, 0.717) is 24.5 Å². The number of thioether (sulfide) groups is 1. The first-order valence-corrected chi connectivity index (χ1v) is 18.9. The van der Waals surface area contributed by atoms with Crippen molar-refractivity contribution in [3.05, 3.63) is 115 Å². The number of rotatable bonds is 13. The number of benzene rings is 3. The Morgan fingerprint density at radius 1 is 1.04 bits per heavy atom. The van der Waals surface area contributed by atoms with Gasteiger partial charge in [0.05, 0.1) is 35.8 Å². The number of carbonyl (C=O) groups is 3. The van der Waals surface area contributed by atoms with Crippen molar-refractivity contribution >= 4 is 56.8 Å². The van der Waals surface area contributed by atoms with E-state index in [1.165, 1.54) is 0 Å². The van der Waals surface area contributed by atoms with Gasteiger partial charge in [0.15, 0.2) is 0 Å². The van der Waals surface area contributed by atoms with E-state index in [1.54, 1.807) is 38.6 Å². The molecule has 3 heterocycles. The van der Waals surface area contributed by atoms with Gasteiger partial charge in [0.25, 0.3) is 5.91 Å². The number of likely N-dealkylation sites (tertiary alicyclic amines) is 1. The van der Waals surface area contributed by atoms with Gasteiger partial charge in [-0.15, -0.1) is 24.9 Å². The summed E-state index contributed by atoms with van der Waals surface area (Å²) in [5.74, 6) is -1.54. The SMILES string of the molecule is C=CCN(C(=O)[C@H]1[C@@H]2SC3(CC2Br)C(C(=O)N(CC=C)c2cc(C)ccc2C)N([C@H](CO)c2ccccc2)C(=O)[C@H]13)c1ccc(OCC)cc1. The second-order valence-electron chi connectivity index (χ2n) is 13.2. The van der Waals surface area contributed by atoms with Crippen LogP contribution in [0.1, 0.15) is 36.1 Å². The molecule has 3 amide bonds. The summed E-state index contributed by atoms with van der Waals surface area (Å²) >= 11 is 5.49. The molecule has 262 valence electrons. The average Bonchev–Trinajstić information content (AvgIpc) is 3.71. The molecule has 2 bridgehead atoms. The zero-order valence-electron chi connectivity index (χ0n) is 28.7. The highest BCUT2D eigenvalue weighted by Gasteiger charge is 2.76. The lowest BCUT2D eigenvalue weighted by molar-refractivity contribution is -0.142. The Morgan fingerprint density at radius 3 is 2.36 bits per heavy atom. The predicted molar refractivity (Wildman–Crippen MR) is 204 cm³/mol. The summed E-state index contributed by atoms with van der Waals surface area (Å²) in [6.07, 6.45) is 3.89. The Hall–Kier alpha value is -3.86. The van der Waals surface area contributed by atoms with E-state index in [4.69, 9.17) is 4.74 Å². The number of aliphatic hydroxyl groups is 1. The van der Waals surface area contributed by atoms with Crippen LogP contribution in [0.4, 0.5) is 11.4 Å². The van der Waals surface area contributed by atoms with Gasteiger partial charge in [0.2, 0.25) is 11.8 Å². The summed E-state index contributed by atoms with van der Waals surface area (Å²) in [5, 5.41) is 10.7. The molecular weight excluding hydrogens is 714 g/mol. The van der Waals surface area contributed by atoms with Crippen molar-refractivity contribution in [3.8, 4) is 5.75 Å². The minimum absolute atomic E-state index is 0.121. The zero-order chi connectivity index (χ0) is 35.7. The van der Waals surface area contributed by atoms with Crippen LogP contribution in [0.15, 0.2) is 98.1 Å². The molecule has 50 heavy (non-hydrogen) atoms. The third-order valence-electron chi connectivity index (χ3n) is 10.2. The molecule has 3 aromatic rings. The number of carbonyl (C=O) groups excluding carboxylic acids is 3. The minimum Gasteiger partial charge on any atom is -0.494 e. The first kappa shape index (κ1) is 35.9. The normalized spacial score (nSPS) is 25.6. The molecule has 1 N–H and O–H groups in total. The van der Waals surface area contributed by atoms with Gasteiger partial charge >= 0.3 is 0 Å². The molecular formula is C40H44BrN3O5S. The van der Waals surface area contributed by atoms with Crippen molar-refractivity contribution < 1.29 is 24.2 Å². The van der Waals surface area contributed by atoms with Crippen LogP contribution in [0.5, 0.6) is 5.75 Å². The van der Waals surface area contributed by atoms with Crippen LogP contribution in [-0.2, 0) is 14.4 Å². The summed E-state index contributed by atoms with van der Waals surface area (Å²) in [5.41, 5.74) is 4.06. The fourth-order valence-corrected chi connectivity index (χ4v) is 11.7. The van der Waals surface area contributed by atoms with Gasteiger partial charge in [-0.1, -0.05) is 70.5 Å². The molecule has 3 fully saturated rings. The van der Waals surface area contributed by atoms with E-state index in [-0.39, 0.29) is 47.5 Å². The molecule has 1 spiro atoms. The largest absolute Gasteiger partial charge is 0.494 e. The smallest absolute Gasteiger partial charge is 0.251 e. The van der Waals surface area contributed by atoms with Crippen LogP contribution >= 0.6 is 27.7 Å². The number of hydrogen-bond acceptors (Lipinski definition) is 6. The number of hydrogen-bond donors (Lipinski definition) is 1. The number of ether oxygens (including phenoxy) is 1. The molecule has 3 aliphatic heterocycles. The molecule has 7 atom stereocenters. The fraction of sp³-hybridized carbons (Fsp3) is 0.375. The number of anilines is 2. The Balaban J connectivity index is 1.49. The first-order valence-electron chi connectivity index (χ1n) is 17.1. The van der Waals surface area contributed by atoms with E-state index in [1.807, 2.05) is 93.6 Å². The van der Waals surface area contributed by atoms with E-state index < -0.39 is 28.7 Å². The van der Waals surface area contributed by atoms with Crippen LogP contribution < -0.4 is 14.5 Å². The lowest BCUT2D eigenvalue weighted by Gasteiger charge is -2.40. The Morgan fingerprint density at radius 2 is 1.72 bits per heavy atom. The van der Waals surface area contributed by atoms with Crippen LogP contribution in [0, 0.1) is 25.7 Å². The van der Waals surface area contributed by atoms with Crippen molar-refractivity contribution in [2.24, 2.45) is 11.8 Å². The van der Waals surface area contributed by atoms with Gasteiger partial charge in [-0.3, -0.25) is 14.4 Å². The van der Waals surface area contributed by atoms with E-state index in [0.717, 1.165) is 22.4 Å². The van der Waals surface area contributed by atoms with Crippen molar-refractivity contribution in [3.63, 3.8) is 0 Å². The molecule has 3 aromatic carbocycles. The topological polar surface area (TPSA) is 90.4 Å². The number of aliphatic hydroxyl groups excluding tert-OH is 1. The van der Waals surface area contributed by atoms with Crippen molar-refractivity contribution in [1.29, 1.82) is 0 Å². The average molecular weight is 759 g/mol. The number of fused-ring (bicyclic) bond motifs is 1. The maximum absolute atomic E-state index is 15.3. The summed E-state index contributed by atoms with van der Waals surface area (Å²) < 4.78 is 4.71. The van der Waals surface area contributed by atoms with Gasteiger partial charge in [0, 0.05) is 34.5 Å². The lowest BCUT2D eigenvalue weighted by atomic mass is 9.70. The molecule has 3 saturated heterocycles. The van der Waals surface area contributed by atoms with E-state index >= 15 is 9.59 Å². The molecule has 10 heteroatoms. The van der Waals surface area contributed by atoms with Gasteiger partial charge < -0.3 is 24.5 Å². The van der Waals surface area contributed by atoms with Crippen LogP contribution in [0.3, 0.4) is 0 Å². The van der Waals surface area contributed by atoms with Gasteiger partial charge in [0.1, 0.15) is 11.8 Å². The van der Waals surface area contributed by atoms with Crippen molar-refractivity contribution in [1.82, 2.24) is 4.90 Å². The zero-order valence-corrected chi connectivity index (χ0v) is 31.1. The number of amides is 3. The maximum atomic E-state index is 15.3. The predicted octanol–water partition coefficient (Wildman–Crippen LogP) is 6.64. The third-order valence-corrected chi connectivity index (χ3v) is 13.4. The molecule has 8 nitrogen and oxygen atoms in total. The van der Waals surface area contributed by atoms with Crippen molar-refractivity contribution in [2.45, 2.75) is 54.1 Å². The molecule has 6 rings (SSSR count). The number of halogens is 1. The summed E-state index contributed by atoms with van der Waals surface area (Å²) in [7, 11) is 0. The monoisotopic (exact) mass is 757 g/mol. The van der Waals surface area contributed by atoms with Crippen LogP contribution in [-0.4, -0.2) is 74.9 Å². The van der Waals surface area contributed by atoms with E-state index in [2.05, 4.69) is 29.1 Å². The highest BCUT2D eigenvalue weighted by atomic mass is 79.9. The highest BCUT2D eigenvalue weighted by Crippen LogP contribution is 2.69. The Kier molecular flexibility index (Phi) is 10.6. The summed E-state index contributed by atoms with van der Waals surface area (Å²) in [6.45, 7) is 14.4. The molecule has 3 aliphatic rings. The molecule has 3 unspecified atom stereocenters. The minimum atomic E-state index is -0.955. The third kappa shape index (κ3) is 6.09. The number of aryl methyl sites for hydroxylation is 2. The number of alkyl halides is 1. The summed E-state index contributed by atoms with van der Waals surface area (Å²) in [6, 6.07) is 20.9. The van der Waals surface area contributed by atoms with Gasteiger partial charge in [-0.25, -0.2) is 0 Å². The second-order valence-corrected chi connectivity index (χ2v) is 15.9. The Bertz CT molecular complexity index is 1770. The maximum Gasteiger partial charge on any atom is 0.251 e. The quantitative estimate of drug-likeness (QED) is 0.156. The second kappa shape index (κ2) is 14.8. The number of nitrogens with zero attached hydrogens (tertiary/aromatic N) is 3. The van der Waals surface area contributed by atoms with Crippen LogP contribution in [0.25, 0.3) is 0 Å². The molecule has 0 aromatic heterocycles. The van der Waals surface area contributed by atoms with Gasteiger partial charge in [-0.05, 0) is 74.2 Å². The molecule has 0 saturated carbocycles. The first-order chi connectivity index (χ1) is 24.1. The van der Waals surface area contributed by atoms with Crippen molar-refractivity contribution in [2.75, 3.05) is 36.1 Å². The lowest BCUT2D eigenvalue weighted by Crippen LogP contribution is -2.56. The fourth-order valence-electron chi connectivity index (χ4n) is 8.11. The van der Waals surface area contributed by atoms with Crippen LogP contribution in [0.2, 0.25) is 0 Å². The molecule has 0 radical (unpaired) electrons. The highest BCUT2D eigenvalue weighted by molar-refractivity contribution is 9.09. The Labute approximate surface area is 307 Å². The standard InChI is InChI=1S/C40H44BrN3O5S/c1-6-20-42(28-16-18-29(19-17-28)49-8-3)37(46)33-34-38(47)44(32(24-45)27-12-10-9-11-13-27)36(40(34)23-30(41)35(33)50-40)39(48)43(21-7-2)31-22-25(4)14-15-26(31)5/h6-7,9-19,22,30,32-36,45H,1-2,8,20-21,23-24H2,3-5H3/t30?,32-,33-,34+,35-,36?,40?/m1/s1. The molecule has 0 aliphatic carbocycles. The van der Waals surface area contributed by atoms with E-state index in [9.17, 15) is 9.90 Å².